The van der Waals surface area contributed by atoms with Gasteiger partial charge in [-0.25, -0.2) is 0 Å². The van der Waals surface area contributed by atoms with E-state index in [-0.39, 0.29) is 25.0 Å². The van der Waals surface area contributed by atoms with Gasteiger partial charge in [0.05, 0.1) is 5.92 Å². The van der Waals surface area contributed by atoms with Gasteiger partial charge >= 0.3 is 5.97 Å². The zero-order chi connectivity index (χ0) is 27.1. The van der Waals surface area contributed by atoms with E-state index in [1.807, 2.05) is 57.2 Å². The fourth-order valence-corrected chi connectivity index (χ4v) is 7.02. The van der Waals surface area contributed by atoms with Crippen molar-refractivity contribution in [1.29, 1.82) is 0 Å². The van der Waals surface area contributed by atoms with Gasteiger partial charge in [0.15, 0.2) is 0 Å². The number of likely N-dealkylation sites (tertiary alicyclic amines) is 1. The number of anilines is 1. The number of rotatable bonds is 8. The van der Waals surface area contributed by atoms with E-state index in [2.05, 4.69) is 0 Å². The van der Waals surface area contributed by atoms with Crippen LogP contribution >= 0.6 is 0 Å². The van der Waals surface area contributed by atoms with Crippen LogP contribution in [0, 0.1) is 25.7 Å². The van der Waals surface area contributed by atoms with Crippen LogP contribution in [0.2, 0.25) is 0 Å². The van der Waals surface area contributed by atoms with Crippen LogP contribution in [-0.4, -0.2) is 71.3 Å². The summed E-state index contributed by atoms with van der Waals surface area (Å²) in [5, 5.41) is 9.15. The molecule has 38 heavy (non-hydrogen) atoms. The van der Waals surface area contributed by atoms with Gasteiger partial charge in [0.1, 0.15) is 29.8 Å². The third-order valence-corrected chi connectivity index (χ3v) is 8.71. The lowest BCUT2D eigenvalue weighted by Crippen LogP contribution is -2.56. The number of carbonyl (C=O) groups is 3. The first-order valence-corrected chi connectivity index (χ1v) is 13.8. The van der Waals surface area contributed by atoms with Gasteiger partial charge in [-0.3, -0.25) is 14.4 Å². The summed E-state index contributed by atoms with van der Waals surface area (Å²) >= 11 is 0. The Morgan fingerprint density at radius 2 is 1.71 bits per heavy atom. The number of benzene rings is 1. The molecule has 2 saturated heterocycles. The maximum absolute atomic E-state index is 14.6. The van der Waals surface area contributed by atoms with Gasteiger partial charge in [0.25, 0.3) is 5.91 Å². The number of cyclic esters (lactones) is 1. The molecule has 0 radical (unpaired) electrons. The maximum atomic E-state index is 14.6. The highest BCUT2D eigenvalue weighted by molar-refractivity contribution is 6.06. The topological polar surface area (TPSA) is 96.4 Å². The second-order valence-electron chi connectivity index (χ2n) is 10.9. The molecule has 1 unspecified atom stereocenters. The third-order valence-electron chi connectivity index (χ3n) is 8.71. The number of fused-ring (bicyclic) bond motifs is 2. The van der Waals surface area contributed by atoms with E-state index in [4.69, 9.17) is 14.6 Å². The summed E-state index contributed by atoms with van der Waals surface area (Å²) in [5.74, 6) is -2.56. The lowest BCUT2D eigenvalue weighted by atomic mass is 9.73. The number of aryl methyl sites for hydroxylation is 2. The van der Waals surface area contributed by atoms with E-state index in [9.17, 15) is 14.4 Å². The highest BCUT2D eigenvalue weighted by atomic mass is 16.6. The summed E-state index contributed by atoms with van der Waals surface area (Å²) in [6, 6.07) is 5.04. The lowest BCUT2D eigenvalue weighted by Gasteiger charge is -2.38. The second-order valence-corrected chi connectivity index (χ2v) is 10.9. The zero-order valence-corrected chi connectivity index (χ0v) is 22.5. The number of nitrogens with zero attached hydrogens (tertiary/aromatic N) is 2. The van der Waals surface area contributed by atoms with Crippen LogP contribution in [0.3, 0.4) is 0 Å². The average molecular weight is 523 g/mol. The maximum Gasteiger partial charge on any atom is 0.313 e. The van der Waals surface area contributed by atoms with E-state index in [0.29, 0.717) is 32.4 Å². The molecule has 4 aliphatic heterocycles. The van der Waals surface area contributed by atoms with Gasteiger partial charge < -0.3 is 24.4 Å². The molecule has 0 saturated carbocycles. The molecule has 0 bridgehead atoms. The van der Waals surface area contributed by atoms with Crippen LogP contribution in [0.1, 0.15) is 50.2 Å². The Labute approximate surface area is 224 Å². The SMILES string of the molecule is CC[C@]12C=CCOC(=O)[C@H]1[C@H]1C(=O)N(CCCCCCO)C3C(=O)N(c4c(C)cccc4C)CC=C[C@@]31O2. The van der Waals surface area contributed by atoms with Gasteiger partial charge in [-0.15, -0.1) is 0 Å². The van der Waals surface area contributed by atoms with E-state index in [1.54, 1.807) is 15.9 Å². The van der Waals surface area contributed by atoms with Crippen molar-refractivity contribution in [2.75, 3.05) is 31.2 Å². The molecule has 8 nitrogen and oxygen atoms in total. The Morgan fingerprint density at radius 1 is 0.974 bits per heavy atom. The van der Waals surface area contributed by atoms with Crippen LogP contribution in [0.25, 0.3) is 0 Å². The molecule has 0 aromatic heterocycles. The largest absolute Gasteiger partial charge is 0.461 e. The monoisotopic (exact) mass is 522 g/mol. The lowest BCUT2D eigenvalue weighted by molar-refractivity contribution is -0.157. The van der Waals surface area contributed by atoms with Gasteiger partial charge in [-0.2, -0.15) is 0 Å². The molecular formula is C30H38N2O6. The summed E-state index contributed by atoms with van der Waals surface area (Å²) in [6.45, 7) is 6.92. The summed E-state index contributed by atoms with van der Waals surface area (Å²) in [7, 11) is 0. The van der Waals surface area contributed by atoms with Crippen molar-refractivity contribution in [3.05, 3.63) is 53.6 Å². The minimum absolute atomic E-state index is 0.134. The van der Waals surface area contributed by atoms with Crippen molar-refractivity contribution in [1.82, 2.24) is 4.90 Å². The van der Waals surface area contributed by atoms with Crippen LogP contribution in [0.4, 0.5) is 5.69 Å². The molecule has 1 aromatic carbocycles. The minimum Gasteiger partial charge on any atom is -0.461 e. The van der Waals surface area contributed by atoms with E-state index in [1.165, 1.54) is 0 Å². The van der Waals surface area contributed by atoms with Crippen molar-refractivity contribution in [3.8, 4) is 0 Å². The molecule has 204 valence electrons. The number of hydrogen-bond donors (Lipinski definition) is 1. The normalized spacial score (nSPS) is 32.1. The Morgan fingerprint density at radius 3 is 2.42 bits per heavy atom. The van der Waals surface area contributed by atoms with Crippen LogP contribution in [0.15, 0.2) is 42.5 Å². The number of hydrogen-bond acceptors (Lipinski definition) is 6. The highest BCUT2D eigenvalue weighted by Gasteiger charge is 2.75. The fourth-order valence-electron chi connectivity index (χ4n) is 7.02. The Hall–Kier alpha value is -2.97. The molecule has 0 aliphatic carbocycles. The van der Waals surface area contributed by atoms with Gasteiger partial charge in [0.2, 0.25) is 5.91 Å². The number of aliphatic hydroxyl groups is 1. The molecule has 1 aromatic rings. The number of amides is 2. The Kier molecular flexibility index (Phi) is 7.22. The standard InChI is InChI=1S/C30H38N2O6/c1-4-29-14-11-19-37-28(36)23(29)22-26(34)32(16-7-5-6-8-18-33)25-27(35)31(17-10-15-30(22,25)38-29)24-20(2)12-9-13-21(24)3/h9-15,22-23,25,33H,4-8,16-19H2,1-3H3/t22-,23+,25?,29-,30-/m0/s1. The van der Waals surface area contributed by atoms with Gasteiger partial charge in [-0.05, 0) is 50.3 Å². The first-order valence-electron chi connectivity index (χ1n) is 13.8. The Bertz CT molecular complexity index is 1160. The predicted molar refractivity (Wildman–Crippen MR) is 142 cm³/mol. The fraction of sp³-hybridized carbons (Fsp3) is 0.567. The first kappa shape index (κ1) is 26.6. The van der Waals surface area contributed by atoms with Gasteiger partial charge in [0, 0.05) is 25.4 Å². The molecule has 1 spiro atoms. The number of aliphatic hydroxyl groups excluding tert-OH is 1. The Balaban J connectivity index is 1.60. The third kappa shape index (κ3) is 4.00. The second kappa shape index (κ2) is 10.3. The molecule has 2 amide bonds. The number of unbranched alkanes of at least 4 members (excludes halogenated alkanes) is 3. The predicted octanol–water partition coefficient (Wildman–Crippen LogP) is 3.23. The molecule has 5 rings (SSSR count). The summed E-state index contributed by atoms with van der Waals surface area (Å²) in [6.07, 6.45) is 11.0. The summed E-state index contributed by atoms with van der Waals surface area (Å²) in [4.78, 5) is 45.6. The van der Waals surface area contributed by atoms with Crippen LogP contribution < -0.4 is 4.90 Å². The number of para-hydroxylation sites is 1. The highest BCUT2D eigenvalue weighted by Crippen LogP contribution is 2.58. The molecule has 2 fully saturated rings. The molecule has 1 N–H and O–H groups in total. The van der Waals surface area contributed by atoms with Crippen molar-refractivity contribution >= 4 is 23.5 Å². The van der Waals surface area contributed by atoms with Crippen molar-refractivity contribution in [3.63, 3.8) is 0 Å². The van der Waals surface area contributed by atoms with E-state index >= 15 is 0 Å². The number of ether oxygens (including phenoxy) is 2. The molecule has 4 aliphatic rings. The van der Waals surface area contributed by atoms with Crippen LogP contribution in [-0.2, 0) is 23.9 Å². The smallest absolute Gasteiger partial charge is 0.313 e. The molecule has 5 atom stereocenters. The molecule has 4 heterocycles. The summed E-state index contributed by atoms with van der Waals surface area (Å²) in [5.41, 5.74) is 0.514. The summed E-state index contributed by atoms with van der Waals surface area (Å²) < 4.78 is 12.4. The average Bonchev–Trinajstić information content (AvgIpc) is 3.16. The molecular weight excluding hydrogens is 484 g/mol. The van der Waals surface area contributed by atoms with E-state index in [0.717, 1.165) is 29.7 Å². The molecule has 8 heteroatoms. The zero-order valence-electron chi connectivity index (χ0n) is 22.5. The minimum atomic E-state index is -1.27. The first-order chi connectivity index (χ1) is 18.3. The van der Waals surface area contributed by atoms with Gasteiger partial charge in [-0.1, -0.05) is 56.2 Å². The van der Waals surface area contributed by atoms with Crippen LogP contribution in [0.5, 0.6) is 0 Å². The van der Waals surface area contributed by atoms with E-state index < -0.39 is 35.0 Å². The number of esters is 1. The van der Waals surface area contributed by atoms with Crippen molar-refractivity contribution < 1.29 is 29.0 Å². The van der Waals surface area contributed by atoms with Crippen molar-refractivity contribution in [2.24, 2.45) is 11.8 Å². The quantitative estimate of drug-likeness (QED) is 0.320. The van der Waals surface area contributed by atoms with Crippen molar-refractivity contribution in [2.45, 2.75) is 70.1 Å². The number of carbonyl (C=O) groups excluding carboxylic acids is 3.